The fourth-order valence-corrected chi connectivity index (χ4v) is 3.31. The minimum Gasteiger partial charge on any atom is -0.357 e. The van der Waals surface area contributed by atoms with Crippen molar-refractivity contribution in [3.63, 3.8) is 0 Å². The molecule has 2 N–H and O–H groups in total. The summed E-state index contributed by atoms with van der Waals surface area (Å²) < 4.78 is 2.30. The van der Waals surface area contributed by atoms with Gasteiger partial charge < -0.3 is 15.2 Å². The average molecular weight is 355 g/mol. The zero-order chi connectivity index (χ0) is 18.0. The van der Waals surface area contributed by atoms with E-state index >= 15 is 0 Å². The first kappa shape index (κ1) is 18.4. The number of rotatable bonds is 7. The highest BCUT2D eigenvalue weighted by Crippen LogP contribution is 2.14. The standard InChI is InChI=1S/C20H30N6/c1-2-21-20(22-14-12-17-9-5-3-6-10-17)23-15-13-19-25-24-18-11-7-4-8-16-26(18)19/h3,5-6,9-10H,2,4,7-8,11-16H2,1H3,(H2,21,22,23). The molecule has 1 aliphatic rings. The maximum atomic E-state index is 4.71. The average Bonchev–Trinajstić information content (AvgIpc) is 2.89. The second kappa shape index (κ2) is 9.94. The van der Waals surface area contributed by atoms with Gasteiger partial charge in [-0.1, -0.05) is 36.8 Å². The highest BCUT2D eigenvalue weighted by Gasteiger charge is 2.14. The maximum Gasteiger partial charge on any atom is 0.191 e. The fraction of sp³-hybridized carbons (Fsp3) is 0.550. The Morgan fingerprint density at radius 1 is 1.08 bits per heavy atom. The van der Waals surface area contributed by atoms with Gasteiger partial charge in [-0.2, -0.15) is 0 Å². The number of benzene rings is 1. The van der Waals surface area contributed by atoms with Gasteiger partial charge in [-0.05, 0) is 31.7 Å². The molecule has 0 fully saturated rings. The van der Waals surface area contributed by atoms with Crippen molar-refractivity contribution in [2.75, 3.05) is 19.6 Å². The lowest BCUT2D eigenvalue weighted by Crippen LogP contribution is -2.38. The molecular formula is C20H30N6. The Balaban J connectivity index is 1.50. The molecule has 0 saturated carbocycles. The molecule has 3 rings (SSSR count). The number of guanidine groups is 1. The number of fused-ring (bicyclic) bond motifs is 1. The lowest BCUT2D eigenvalue weighted by atomic mass is 10.1. The SMILES string of the molecule is CCNC(=NCCc1nnc2n1CCCCC2)NCCc1ccccc1. The van der Waals surface area contributed by atoms with Gasteiger partial charge in [-0.15, -0.1) is 10.2 Å². The zero-order valence-electron chi connectivity index (χ0n) is 15.7. The van der Waals surface area contributed by atoms with E-state index in [0.717, 1.165) is 63.0 Å². The van der Waals surface area contributed by atoms with E-state index in [1.165, 1.54) is 24.8 Å². The van der Waals surface area contributed by atoms with Crippen LogP contribution >= 0.6 is 0 Å². The number of nitrogens with one attached hydrogen (secondary N) is 2. The van der Waals surface area contributed by atoms with Crippen LogP contribution in [0.5, 0.6) is 0 Å². The Hall–Kier alpha value is -2.37. The normalized spacial score (nSPS) is 14.6. The molecule has 0 atom stereocenters. The minimum absolute atomic E-state index is 0.721. The molecule has 1 aromatic carbocycles. The quantitative estimate of drug-likeness (QED) is 0.592. The van der Waals surface area contributed by atoms with Crippen LogP contribution in [0.3, 0.4) is 0 Å². The van der Waals surface area contributed by atoms with Crippen molar-refractivity contribution in [1.29, 1.82) is 0 Å². The highest BCUT2D eigenvalue weighted by molar-refractivity contribution is 5.79. The summed E-state index contributed by atoms with van der Waals surface area (Å²) >= 11 is 0. The molecule has 2 aromatic rings. The van der Waals surface area contributed by atoms with Crippen LogP contribution in [0.1, 0.15) is 43.4 Å². The van der Waals surface area contributed by atoms with E-state index in [1.54, 1.807) is 0 Å². The van der Waals surface area contributed by atoms with E-state index in [1.807, 2.05) is 6.07 Å². The molecule has 0 radical (unpaired) electrons. The summed E-state index contributed by atoms with van der Waals surface area (Å²) in [5.74, 6) is 3.10. The van der Waals surface area contributed by atoms with Gasteiger partial charge in [0.2, 0.25) is 0 Å². The number of aryl methyl sites for hydroxylation is 1. The van der Waals surface area contributed by atoms with E-state index in [0.29, 0.717) is 0 Å². The third-order valence-electron chi connectivity index (χ3n) is 4.68. The van der Waals surface area contributed by atoms with Crippen LogP contribution in [0.15, 0.2) is 35.3 Å². The molecule has 0 unspecified atom stereocenters. The van der Waals surface area contributed by atoms with E-state index in [2.05, 4.69) is 56.6 Å². The number of aliphatic imine (C=N–C) groups is 1. The lowest BCUT2D eigenvalue weighted by Gasteiger charge is -2.11. The molecule has 140 valence electrons. The Bertz CT molecular complexity index is 692. The van der Waals surface area contributed by atoms with Gasteiger partial charge in [0.25, 0.3) is 0 Å². The Kier molecular flexibility index (Phi) is 7.05. The largest absolute Gasteiger partial charge is 0.357 e. The predicted octanol–water partition coefficient (Wildman–Crippen LogP) is 2.34. The highest BCUT2D eigenvalue weighted by atomic mass is 15.3. The Morgan fingerprint density at radius 3 is 2.81 bits per heavy atom. The molecule has 0 spiro atoms. The van der Waals surface area contributed by atoms with Gasteiger partial charge >= 0.3 is 0 Å². The van der Waals surface area contributed by atoms with Crippen LogP contribution in [0.2, 0.25) is 0 Å². The zero-order valence-corrected chi connectivity index (χ0v) is 15.7. The van der Waals surface area contributed by atoms with Crippen LogP contribution < -0.4 is 10.6 Å². The van der Waals surface area contributed by atoms with E-state index in [4.69, 9.17) is 4.99 Å². The monoisotopic (exact) mass is 354 g/mol. The van der Waals surface area contributed by atoms with Crippen molar-refractivity contribution < 1.29 is 0 Å². The van der Waals surface area contributed by atoms with Crippen molar-refractivity contribution >= 4 is 5.96 Å². The molecular weight excluding hydrogens is 324 g/mol. The summed E-state index contributed by atoms with van der Waals surface area (Å²) in [5, 5.41) is 15.5. The summed E-state index contributed by atoms with van der Waals surface area (Å²) in [4.78, 5) is 4.71. The maximum absolute atomic E-state index is 4.71. The van der Waals surface area contributed by atoms with Crippen LogP contribution in [0.4, 0.5) is 0 Å². The minimum atomic E-state index is 0.721. The second-order valence-electron chi connectivity index (χ2n) is 6.67. The molecule has 2 heterocycles. The Labute approximate surface area is 156 Å². The van der Waals surface area contributed by atoms with E-state index in [-0.39, 0.29) is 0 Å². The van der Waals surface area contributed by atoms with Crippen LogP contribution in [-0.4, -0.2) is 40.4 Å². The smallest absolute Gasteiger partial charge is 0.191 e. The van der Waals surface area contributed by atoms with Crippen molar-refractivity contribution in [3.05, 3.63) is 47.5 Å². The third kappa shape index (κ3) is 5.31. The molecule has 0 aliphatic carbocycles. The molecule has 26 heavy (non-hydrogen) atoms. The predicted molar refractivity (Wildman–Crippen MR) is 105 cm³/mol. The van der Waals surface area contributed by atoms with Gasteiger partial charge in [0.15, 0.2) is 5.96 Å². The van der Waals surface area contributed by atoms with E-state index < -0.39 is 0 Å². The van der Waals surface area contributed by atoms with Crippen molar-refractivity contribution in [2.24, 2.45) is 4.99 Å². The summed E-state index contributed by atoms with van der Waals surface area (Å²) in [5.41, 5.74) is 1.34. The first-order valence-electron chi connectivity index (χ1n) is 9.84. The first-order chi connectivity index (χ1) is 12.9. The van der Waals surface area contributed by atoms with Gasteiger partial charge in [0, 0.05) is 39.0 Å². The van der Waals surface area contributed by atoms with Crippen LogP contribution in [0, 0.1) is 0 Å². The van der Waals surface area contributed by atoms with Crippen molar-refractivity contribution in [1.82, 2.24) is 25.4 Å². The topological polar surface area (TPSA) is 67.1 Å². The molecule has 6 nitrogen and oxygen atoms in total. The van der Waals surface area contributed by atoms with Gasteiger partial charge in [0.1, 0.15) is 11.6 Å². The number of aromatic nitrogens is 3. The molecule has 6 heteroatoms. The van der Waals surface area contributed by atoms with Gasteiger partial charge in [-0.25, -0.2) is 0 Å². The fourth-order valence-electron chi connectivity index (χ4n) is 3.31. The third-order valence-corrected chi connectivity index (χ3v) is 4.68. The summed E-state index contributed by atoms with van der Waals surface area (Å²) in [7, 11) is 0. The number of hydrogen-bond donors (Lipinski definition) is 2. The molecule has 0 bridgehead atoms. The van der Waals surface area contributed by atoms with Gasteiger partial charge in [0.05, 0.1) is 0 Å². The van der Waals surface area contributed by atoms with Crippen molar-refractivity contribution in [3.8, 4) is 0 Å². The summed E-state index contributed by atoms with van der Waals surface area (Å²) in [6.45, 7) is 5.59. The summed E-state index contributed by atoms with van der Waals surface area (Å²) in [6.07, 6.45) is 6.62. The molecule has 0 saturated heterocycles. The van der Waals surface area contributed by atoms with Crippen molar-refractivity contribution in [2.45, 2.75) is 52.0 Å². The number of hydrogen-bond acceptors (Lipinski definition) is 3. The van der Waals surface area contributed by atoms with Gasteiger partial charge in [-0.3, -0.25) is 4.99 Å². The van der Waals surface area contributed by atoms with Crippen LogP contribution in [-0.2, 0) is 25.8 Å². The van der Waals surface area contributed by atoms with Crippen LogP contribution in [0.25, 0.3) is 0 Å². The first-order valence-corrected chi connectivity index (χ1v) is 9.84. The number of nitrogens with zero attached hydrogens (tertiary/aromatic N) is 4. The Morgan fingerprint density at radius 2 is 1.96 bits per heavy atom. The van der Waals surface area contributed by atoms with E-state index in [9.17, 15) is 0 Å². The molecule has 0 amide bonds. The summed E-state index contributed by atoms with van der Waals surface area (Å²) in [6, 6.07) is 10.5. The molecule has 1 aliphatic heterocycles. The molecule has 1 aromatic heterocycles. The second-order valence-corrected chi connectivity index (χ2v) is 6.67. The lowest BCUT2D eigenvalue weighted by molar-refractivity contribution is 0.604.